The lowest BCUT2D eigenvalue weighted by atomic mass is 9.95. The molecule has 3 atom stereocenters. The van der Waals surface area contributed by atoms with Crippen molar-refractivity contribution in [2.45, 2.75) is 44.7 Å². The van der Waals surface area contributed by atoms with Crippen LogP contribution in [0.5, 0.6) is 0 Å². The number of likely N-dealkylation sites (tertiary alicyclic amines) is 1. The van der Waals surface area contributed by atoms with E-state index in [0.717, 1.165) is 19.1 Å². The van der Waals surface area contributed by atoms with E-state index in [1.807, 2.05) is 0 Å². The maximum absolute atomic E-state index is 6.06. The van der Waals surface area contributed by atoms with Crippen LogP contribution in [0.3, 0.4) is 0 Å². The molecule has 15 heavy (non-hydrogen) atoms. The molecule has 0 aromatic rings. The molecule has 3 heteroatoms. The van der Waals surface area contributed by atoms with E-state index in [1.54, 1.807) is 0 Å². The standard InChI is InChI=1S/C12H24N2O/c1-10(13)12-4-2-3-6-14(12)8-11-5-7-15-9-11/h10-12H,2-9,13H2,1H3. The van der Waals surface area contributed by atoms with Crippen LogP contribution in [0.15, 0.2) is 0 Å². The minimum Gasteiger partial charge on any atom is -0.381 e. The number of nitrogens with two attached hydrogens (primary N) is 1. The fraction of sp³-hybridized carbons (Fsp3) is 1.00. The minimum absolute atomic E-state index is 0.313. The van der Waals surface area contributed by atoms with Gasteiger partial charge in [-0.15, -0.1) is 0 Å². The summed E-state index contributed by atoms with van der Waals surface area (Å²) in [6.45, 7) is 6.51. The highest BCUT2D eigenvalue weighted by atomic mass is 16.5. The second kappa shape index (κ2) is 5.28. The molecule has 2 N–H and O–H groups in total. The molecule has 3 unspecified atom stereocenters. The number of rotatable bonds is 3. The predicted octanol–water partition coefficient (Wildman–Crippen LogP) is 1.22. The topological polar surface area (TPSA) is 38.5 Å². The molecule has 0 aromatic heterocycles. The van der Waals surface area contributed by atoms with Crippen molar-refractivity contribution in [2.24, 2.45) is 11.7 Å². The molecule has 0 saturated carbocycles. The summed E-state index contributed by atoms with van der Waals surface area (Å²) < 4.78 is 5.44. The van der Waals surface area contributed by atoms with Gasteiger partial charge in [0.25, 0.3) is 0 Å². The lowest BCUT2D eigenvalue weighted by molar-refractivity contribution is 0.102. The molecule has 2 aliphatic heterocycles. The van der Waals surface area contributed by atoms with Crippen molar-refractivity contribution in [1.82, 2.24) is 4.90 Å². The molecule has 2 fully saturated rings. The summed E-state index contributed by atoms with van der Waals surface area (Å²) in [6.07, 6.45) is 5.22. The third-order valence-electron chi connectivity index (χ3n) is 3.79. The van der Waals surface area contributed by atoms with E-state index >= 15 is 0 Å². The molecular weight excluding hydrogens is 188 g/mol. The van der Waals surface area contributed by atoms with E-state index in [4.69, 9.17) is 10.5 Å². The molecule has 0 spiro atoms. The van der Waals surface area contributed by atoms with Gasteiger partial charge in [0.1, 0.15) is 0 Å². The summed E-state index contributed by atoms with van der Waals surface area (Å²) in [5, 5.41) is 0. The van der Waals surface area contributed by atoms with Crippen LogP contribution in [-0.2, 0) is 4.74 Å². The quantitative estimate of drug-likeness (QED) is 0.764. The first-order valence-corrected chi connectivity index (χ1v) is 6.35. The molecule has 2 aliphatic rings. The Balaban J connectivity index is 1.86. The van der Waals surface area contributed by atoms with Crippen molar-refractivity contribution in [3.8, 4) is 0 Å². The number of piperidine rings is 1. The zero-order valence-electron chi connectivity index (χ0n) is 9.82. The molecule has 0 radical (unpaired) electrons. The van der Waals surface area contributed by atoms with Gasteiger partial charge in [-0.1, -0.05) is 6.42 Å². The van der Waals surface area contributed by atoms with Crippen LogP contribution < -0.4 is 5.73 Å². The van der Waals surface area contributed by atoms with Gasteiger partial charge in [0.05, 0.1) is 6.61 Å². The zero-order valence-corrected chi connectivity index (χ0v) is 9.82. The molecule has 2 rings (SSSR count). The van der Waals surface area contributed by atoms with Crippen LogP contribution >= 0.6 is 0 Å². The van der Waals surface area contributed by atoms with Crippen molar-refractivity contribution in [2.75, 3.05) is 26.3 Å². The fourth-order valence-electron chi connectivity index (χ4n) is 2.90. The van der Waals surface area contributed by atoms with Crippen LogP contribution in [0.2, 0.25) is 0 Å². The van der Waals surface area contributed by atoms with E-state index < -0.39 is 0 Å². The third kappa shape index (κ3) is 2.92. The Morgan fingerprint density at radius 3 is 2.93 bits per heavy atom. The van der Waals surface area contributed by atoms with Crippen molar-refractivity contribution in [3.05, 3.63) is 0 Å². The van der Waals surface area contributed by atoms with Crippen LogP contribution in [0.1, 0.15) is 32.6 Å². The predicted molar refractivity (Wildman–Crippen MR) is 61.8 cm³/mol. The maximum Gasteiger partial charge on any atom is 0.0507 e. The largest absolute Gasteiger partial charge is 0.381 e. The van der Waals surface area contributed by atoms with Gasteiger partial charge in [0, 0.05) is 25.2 Å². The number of hydrogen-bond acceptors (Lipinski definition) is 3. The summed E-state index contributed by atoms with van der Waals surface area (Å²) in [6, 6.07) is 0.923. The Morgan fingerprint density at radius 2 is 2.27 bits per heavy atom. The van der Waals surface area contributed by atoms with Gasteiger partial charge >= 0.3 is 0 Å². The Morgan fingerprint density at radius 1 is 1.40 bits per heavy atom. The number of ether oxygens (including phenoxy) is 1. The molecule has 88 valence electrons. The number of nitrogens with zero attached hydrogens (tertiary/aromatic N) is 1. The van der Waals surface area contributed by atoms with E-state index in [0.29, 0.717) is 12.1 Å². The van der Waals surface area contributed by atoms with E-state index in [-0.39, 0.29) is 0 Å². The monoisotopic (exact) mass is 212 g/mol. The molecule has 3 nitrogen and oxygen atoms in total. The minimum atomic E-state index is 0.313. The summed E-state index contributed by atoms with van der Waals surface area (Å²) in [5.74, 6) is 0.754. The summed E-state index contributed by atoms with van der Waals surface area (Å²) in [4.78, 5) is 2.60. The van der Waals surface area contributed by atoms with Gasteiger partial charge in [-0.05, 0) is 38.6 Å². The van der Waals surface area contributed by atoms with Crippen LogP contribution in [0.4, 0.5) is 0 Å². The van der Waals surface area contributed by atoms with E-state index in [9.17, 15) is 0 Å². The zero-order chi connectivity index (χ0) is 10.7. The lowest BCUT2D eigenvalue weighted by Gasteiger charge is -2.39. The molecule has 0 bridgehead atoms. The smallest absolute Gasteiger partial charge is 0.0507 e. The van der Waals surface area contributed by atoms with Crippen molar-refractivity contribution >= 4 is 0 Å². The SMILES string of the molecule is CC(N)C1CCCCN1CC1CCOC1. The Bertz CT molecular complexity index is 190. The van der Waals surface area contributed by atoms with Crippen molar-refractivity contribution in [3.63, 3.8) is 0 Å². The van der Waals surface area contributed by atoms with E-state index in [2.05, 4.69) is 11.8 Å². The fourth-order valence-corrected chi connectivity index (χ4v) is 2.90. The molecule has 0 aliphatic carbocycles. The molecule has 2 saturated heterocycles. The first-order chi connectivity index (χ1) is 7.27. The molecular formula is C12H24N2O. The van der Waals surface area contributed by atoms with Crippen LogP contribution in [-0.4, -0.2) is 43.3 Å². The Kier molecular flexibility index (Phi) is 4.00. The Labute approximate surface area is 93.0 Å². The van der Waals surface area contributed by atoms with Gasteiger partial charge in [-0.2, -0.15) is 0 Å². The van der Waals surface area contributed by atoms with Gasteiger partial charge in [0.15, 0.2) is 0 Å². The third-order valence-corrected chi connectivity index (χ3v) is 3.79. The lowest BCUT2D eigenvalue weighted by Crippen LogP contribution is -2.50. The van der Waals surface area contributed by atoms with E-state index in [1.165, 1.54) is 38.8 Å². The van der Waals surface area contributed by atoms with Crippen LogP contribution in [0, 0.1) is 5.92 Å². The highest BCUT2D eigenvalue weighted by molar-refractivity contribution is 4.84. The average Bonchev–Trinajstić information content (AvgIpc) is 2.71. The van der Waals surface area contributed by atoms with Gasteiger partial charge in [0.2, 0.25) is 0 Å². The second-order valence-corrected chi connectivity index (χ2v) is 5.15. The first-order valence-electron chi connectivity index (χ1n) is 6.35. The van der Waals surface area contributed by atoms with Gasteiger partial charge < -0.3 is 10.5 Å². The normalized spacial score (nSPS) is 35.6. The first kappa shape index (κ1) is 11.4. The van der Waals surface area contributed by atoms with Crippen molar-refractivity contribution < 1.29 is 4.74 Å². The number of hydrogen-bond donors (Lipinski definition) is 1. The van der Waals surface area contributed by atoms with Gasteiger partial charge in [-0.25, -0.2) is 0 Å². The summed E-state index contributed by atoms with van der Waals surface area (Å²) >= 11 is 0. The maximum atomic E-state index is 6.06. The summed E-state index contributed by atoms with van der Waals surface area (Å²) in [7, 11) is 0. The highest BCUT2D eigenvalue weighted by Crippen LogP contribution is 2.22. The average molecular weight is 212 g/mol. The second-order valence-electron chi connectivity index (χ2n) is 5.15. The highest BCUT2D eigenvalue weighted by Gasteiger charge is 2.28. The molecule has 0 aromatic carbocycles. The summed E-state index contributed by atoms with van der Waals surface area (Å²) in [5.41, 5.74) is 6.06. The molecule has 2 heterocycles. The van der Waals surface area contributed by atoms with Crippen LogP contribution in [0.25, 0.3) is 0 Å². The van der Waals surface area contributed by atoms with Gasteiger partial charge in [-0.3, -0.25) is 4.90 Å². The Hall–Kier alpha value is -0.120. The van der Waals surface area contributed by atoms with Crippen molar-refractivity contribution in [1.29, 1.82) is 0 Å². The molecule has 0 amide bonds.